The zero-order chi connectivity index (χ0) is 16.3. The Labute approximate surface area is 127 Å². The molecule has 0 spiro atoms. The van der Waals surface area contributed by atoms with E-state index in [1.54, 1.807) is 6.20 Å². The first-order valence-electron chi connectivity index (χ1n) is 7.10. The first-order chi connectivity index (χ1) is 10.4. The maximum absolute atomic E-state index is 13.7. The number of nitrogens with zero attached hydrogens (tertiary/aromatic N) is 2. The van der Waals surface area contributed by atoms with Crippen LogP contribution in [0.5, 0.6) is 5.75 Å². The van der Waals surface area contributed by atoms with Crippen LogP contribution in [0.25, 0.3) is 5.69 Å². The van der Waals surface area contributed by atoms with E-state index in [0.29, 0.717) is 12.5 Å². The van der Waals surface area contributed by atoms with Crippen molar-refractivity contribution in [1.82, 2.24) is 9.13 Å². The second-order valence-corrected chi connectivity index (χ2v) is 5.47. The Bertz CT molecular complexity index is 778. The van der Waals surface area contributed by atoms with Crippen LogP contribution in [-0.2, 0) is 6.54 Å². The lowest BCUT2D eigenvalue weighted by Crippen LogP contribution is -2.40. The second kappa shape index (κ2) is 6.60. The van der Waals surface area contributed by atoms with Crippen molar-refractivity contribution < 1.29 is 9.13 Å². The van der Waals surface area contributed by atoms with E-state index < -0.39 is 16.9 Å². The Morgan fingerprint density at radius 1 is 1.18 bits per heavy atom. The van der Waals surface area contributed by atoms with Crippen molar-refractivity contribution in [3.63, 3.8) is 0 Å². The van der Waals surface area contributed by atoms with Crippen LogP contribution in [0, 0.1) is 11.7 Å². The summed E-state index contributed by atoms with van der Waals surface area (Å²) in [4.78, 5) is 24.3. The molecule has 6 heteroatoms. The average molecular weight is 306 g/mol. The highest BCUT2D eigenvalue weighted by Gasteiger charge is 2.10. The molecule has 2 rings (SSSR count). The number of methoxy groups -OCH3 is 1. The molecule has 0 amide bonds. The van der Waals surface area contributed by atoms with Crippen LogP contribution in [-0.4, -0.2) is 16.2 Å². The van der Waals surface area contributed by atoms with Crippen LogP contribution >= 0.6 is 0 Å². The Kier molecular flexibility index (Phi) is 4.80. The van der Waals surface area contributed by atoms with Crippen molar-refractivity contribution in [2.24, 2.45) is 5.92 Å². The Morgan fingerprint density at radius 3 is 2.50 bits per heavy atom. The predicted octanol–water partition coefficient (Wildman–Crippen LogP) is 2.19. The molecule has 0 fully saturated rings. The van der Waals surface area contributed by atoms with Gasteiger partial charge in [-0.15, -0.1) is 0 Å². The molecule has 0 aliphatic carbocycles. The quantitative estimate of drug-likeness (QED) is 0.796. The van der Waals surface area contributed by atoms with Gasteiger partial charge in [0, 0.05) is 25.0 Å². The first kappa shape index (κ1) is 16.0. The Hall–Kier alpha value is -2.37. The van der Waals surface area contributed by atoms with Crippen molar-refractivity contribution in [2.45, 2.75) is 26.8 Å². The van der Waals surface area contributed by atoms with E-state index >= 15 is 0 Å². The zero-order valence-electron chi connectivity index (χ0n) is 12.9. The summed E-state index contributed by atoms with van der Waals surface area (Å²) in [5.74, 6) is -0.0667. The van der Waals surface area contributed by atoms with E-state index in [0.717, 1.165) is 17.1 Å². The van der Waals surface area contributed by atoms with Gasteiger partial charge in [-0.1, -0.05) is 13.8 Å². The van der Waals surface area contributed by atoms with Gasteiger partial charge < -0.3 is 9.30 Å². The minimum atomic E-state index is -0.698. The van der Waals surface area contributed by atoms with Gasteiger partial charge in [-0.25, -0.2) is 4.39 Å². The maximum atomic E-state index is 13.7. The fourth-order valence-corrected chi connectivity index (χ4v) is 2.09. The fraction of sp³-hybridized carbons (Fsp3) is 0.375. The van der Waals surface area contributed by atoms with Gasteiger partial charge in [0.1, 0.15) is 0 Å². The number of halogens is 1. The van der Waals surface area contributed by atoms with E-state index in [4.69, 9.17) is 4.74 Å². The molecule has 0 saturated carbocycles. The van der Waals surface area contributed by atoms with Crippen molar-refractivity contribution >= 4 is 0 Å². The average Bonchev–Trinajstić information content (AvgIpc) is 2.48. The summed E-state index contributed by atoms with van der Waals surface area (Å²) in [7, 11) is 1.36. The summed E-state index contributed by atoms with van der Waals surface area (Å²) >= 11 is 0. The molecule has 22 heavy (non-hydrogen) atoms. The number of aromatic nitrogens is 2. The topological polar surface area (TPSA) is 53.2 Å². The number of rotatable bonds is 5. The van der Waals surface area contributed by atoms with Crippen molar-refractivity contribution in [3.05, 3.63) is 57.1 Å². The van der Waals surface area contributed by atoms with Crippen LogP contribution in [0.2, 0.25) is 0 Å². The minimum Gasteiger partial charge on any atom is -0.494 e. The number of hydrogen-bond donors (Lipinski definition) is 0. The summed E-state index contributed by atoms with van der Waals surface area (Å²) in [6.07, 6.45) is 3.83. The minimum absolute atomic E-state index is 0.0853. The highest BCUT2D eigenvalue weighted by atomic mass is 19.1. The molecule has 1 aromatic carbocycles. The number of hydrogen-bond acceptors (Lipinski definition) is 3. The molecule has 1 heterocycles. The maximum Gasteiger partial charge on any atom is 0.320 e. The summed E-state index contributed by atoms with van der Waals surface area (Å²) < 4.78 is 21.1. The lowest BCUT2D eigenvalue weighted by atomic mass is 10.1. The monoisotopic (exact) mass is 306 g/mol. The smallest absolute Gasteiger partial charge is 0.320 e. The third-order valence-corrected chi connectivity index (χ3v) is 3.42. The number of ether oxygens (including phenoxy) is 1. The molecule has 0 aliphatic heterocycles. The Morgan fingerprint density at radius 2 is 1.91 bits per heavy atom. The largest absolute Gasteiger partial charge is 0.494 e. The van der Waals surface area contributed by atoms with Crippen molar-refractivity contribution in [1.29, 1.82) is 0 Å². The second-order valence-electron chi connectivity index (χ2n) is 5.47. The SMILES string of the molecule is COc1ccc(-n2ccn(CCC(C)C)c(=O)c2=O)cc1F. The molecule has 0 atom stereocenters. The van der Waals surface area contributed by atoms with Crippen LogP contribution in [0.3, 0.4) is 0 Å². The molecular weight excluding hydrogens is 287 g/mol. The van der Waals surface area contributed by atoms with Crippen LogP contribution in [0.1, 0.15) is 20.3 Å². The molecule has 0 unspecified atom stereocenters. The molecule has 2 aromatic rings. The molecule has 0 bridgehead atoms. The van der Waals surface area contributed by atoms with Gasteiger partial charge in [-0.3, -0.25) is 14.2 Å². The van der Waals surface area contributed by atoms with E-state index in [-0.39, 0.29) is 11.4 Å². The van der Waals surface area contributed by atoms with Gasteiger partial charge >= 0.3 is 11.1 Å². The van der Waals surface area contributed by atoms with Gasteiger partial charge in [0.25, 0.3) is 0 Å². The molecule has 0 saturated heterocycles. The zero-order valence-corrected chi connectivity index (χ0v) is 12.9. The van der Waals surface area contributed by atoms with Gasteiger partial charge in [0.2, 0.25) is 0 Å². The predicted molar refractivity (Wildman–Crippen MR) is 82.3 cm³/mol. The summed E-state index contributed by atoms with van der Waals surface area (Å²) in [6, 6.07) is 4.11. The fourth-order valence-electron chi connectivity index (χ4n) is 2.09. The molecule has 0 aliphatic rings. The summed E-state index contributed by atoms with van der Waals surface area (Å²) in [6.45, 7) is 4.59. The third-order valence-electron chi connectivity index (χ3n) is 3.42. The lowest BCUT2D eigenvalue weighted by Gasteiger charge is -2.11. The van der Waals surface area contributed by atoms with Crippen LogP contribution < -0.4 is 15.9 Å². The summed E-state index contributed by atoms with van der Waals surface area (Å²) in [5, 5.41) is 0. The highest BCUT2D eigenvalue weighted by molar-refractivity contribution is 5.38. The highest BCUT2D eigenvalue weighted by Crippen LogP contribution is 2.19. The van der Waals surface area contributed by atoms with Crippen LogP contribution in [0.15, 0.2) is 40.2 Å². The standard InChI is InChI=1S/C16H19FN2O3/c1-11(2)6-7-18-8-9-19(16(21)15(18)20)12-4-5-14(22-3)13(17)10-12/h4-5,8-11H,6-7H2,1-3H3. The van der Waals surface area contributed by atoms with Gasteiger partial charge in [0.05, 0.1) is 12.8 Å². The van der Waals surface area contributed by atoms with Crippen LogP contribution in [0.4, 0.5) is 4.39 Å². The molecule has 118 valence electrons. The van der Waals surface area contributed by atoms with E-state index in [1.165, 1.54) is 30.0 Å². The van der Waals surface area contributed by atoms with E-state index in [1.807, 2.05) is 13.8 Å². The normalized spacial score (nSPS) is 11.0. The molecule has 5 nitrogen and oxygen atoms in total. The molecule has 1 aromatic heterocycles. The molecule has 0 radical (unpaired) electrons. The van der Waals surface area contributed by atoms with Gasteiger partial charge in [0.15, 0.2) is 11.6 Å². The number of aryl methyl sites for hydroxylation is 1. The van der Waals surface area contributed by atoms with Crippen molar-refractivity contribution in [2.75, 3.05) is 7.11 Å². The van der Waals surface area contributed by atoms with Crippen molar-refractivity contribution in [3.8, 4) is 11.4 Å². The third kappa shape index (κ3) is 3.27. The molecule has 0 N–H and O–H groups in total. The van der Waals surface area contributed by atoms with E-state index in [9.17, 15) is 14.0 Å². The number of benzene rings is 1. The van der Waals surface area contributed by atoms with E-state index in [2.05, 4.69) is 0 Å². The Balaban J connectivity index is 2.41. The summed E-state index contributed by atoms with van der Waals surface area (Å²) in [5.41, 5.74) is -1.02. The lowest BCUT2D eigenvalue weighted by molar-refractivity contribution is 0.386. The first-order valence-corrected chi connectivity index (χ1v) is 7.10. The molecular formula is C16H19FN2O3. The van der Waals surface area contributed by atoms with Gasteiger partial charge in [-0.2, -0.15) is 0 Å². The van der Waals surface area contributed by atoms with Gasteiger partial charge in [-0.05, 0) is 24.5 Å².